The first-order valence-electron chi connectivity index (χ1n) is 13.0. The van der Waals surface area contributed by atoms with Crippen LogP contribution in [0.3, 0.4) is 0 Å². The summed E-state index contributed by atoms with van der Waals surface area (Å²) in [6, 6.07) is 9.67. The maximum Gasteiger partial charge on any atom is 0.419 e. The first-order chi connectivity index (χ1) is 19.6. The minimum absolute atomic E-state index is 0.125. The molecule has 5 rings (SSSR count). The minimum Gasteiger partial charge on any atom is -0.383 e. The van der Waals surface area contributed by atoms with Gasteiger partial charge in [-0.25, -0.2) is 19.0 Å². The van der Waals surface area contributed by atoms with Crippen molar-refractivity contribution >= 4 is 28.5 Å². The standard InChI is InChI=1S/C29H26F4N6O2/c1-2-23(41)38-14-4-5-19(15-38)39-28-24(27(34)35-16-36-28)26(37-39)18-11-8-17(9-12-18)10-13-22(40)20-6-3-7-21(25(20)30)29(31,32)33/h2-3,6-9,11-12,16,19H,1,4-5,10,13-15H2,(H2,34,35,36)/t19-/m1/s1. The Morgan fingerprint density at radius 3 is 2.59 bits per heavy atom. The number of carbonyl (C=O) groups is 2. The Bertz CT molecular complexity index is 1630. The van der Waals surface area contributed by atoms with E-state index >= 15 is 0 Å². The molecule has 3 heterocycles. The van der Waals surface area contributed by atoms with Gasteiger partial charge in [0, 0.05) is 25.1 Å². The number of hydrogen-bond acceptors (Lipinski definition) is 6. The number of aryl methyl sites for hydroxylation is 1. The number of alkyl halides is 3. The largest absolute Gasteiger partial charge is 0.419 e. The number of rotatable bonds is 7. The van der Waals surface area contributed by atoms with Crippen LogP contribution in [0.15, 0.2) is 61.4 Å². The highest BCUT2D eigenvalue weighted by atomic mass is 19.4. The van der Waals surface area contributed by atoms with E-state index < -0.39 is 28.9 Å². The fourth-order valence-corrected chi connectivity index (χ4v) is 5.12. The SMILES string of the molecule is C=CC(=O)N1CCC[C@@H](n2nc(-c3ccc(CCC(=O)c4cccc(C(F)(F)F)c4F)cc3)c3c(N)ncnc32)C1. The first-order valence-corrected chi connectivity index (χ1v) is 13.0. The molecule has 0 radical (unpaired) electrons. The average Bonchev–Trinajstić information content (AvgIpc) is 3.36. The van der Waals surface area contributed by atoms with Gasteiger partial charge in [-0.15, -0.1) is 0 Å². The van der Waals surface area contributed by atoms with Crippen molar-refractivity contribution in [3.63, 3.8) is 0 Å². The molecule has 2 aromatic carbocycles. The number of nitrogen functional groups attached to an aromatic ring is 1. The van der Waals surface area contributed by atoms with Gasteiger partial charge in [-0.05, 0) is 43.0 Å². The van der Waals surface area contributed by atoms with E-state index in [2.05, 4.69) is 16.5 Å². The Balaban J connectivity index is 1.37. The zero-order chi connectivity index (χ0) is 29.3. The van der Waals surface area contributed by atoms with Crippen molar-refractivity contribution in [1.82, 2.24) is 24.6 Å². The predicted molar refractivity (Wildman–Crippen MR) is 144 cm³/mol. The summed E-state index contributed by atoms with van der Waals surface area (Å²) in [6.07, 6.45) is -0.619. The number of piperidine rings is 1. The topological polar surface area (TPSA) is 107 Å². The molecule has 1 saturated heterocycles. The molecule has 0 saturated carbocycles. The van der Waals surface area contributed by atoms with Crippen molar-refractivity contribution in [2.75, 3.05) is 18.8 Å². The van der Waals surface area contributed by atoms with Gasteiger partial charge in [0.25, 0.3) is 0 Å². The van der Waals surface area contributed by atoms with Crippen LogP contribution in [-0.2, 0) is 17.4 Å². The Morgan fingerprint density at radius 1 is 1.12 bits per heavy atom. The number of hydrogen-bond donors (Lipinski definition) is 1. The van der Waals surface area contributed by atoms with E-state index in [1.807, 2.05) is 0 Å². The summed E-state index contributed by atoms with van der Waals surface area (Å²) in [5.41, 5.74) is 6.73. The van der Waals surface area contributed by atoms with E-state index in [0.717, 1.165) is 30.5 Å². The summed E-state index contributed by atoms with van der Waals surface area (Å²) >= 11 is 0. The zero-order valence-electron chi connectivity index (χ0n) is 21.9. The molecule has 2 aromatic heterocycles. The highest BCUT2D eigenvalue weighted by molar-refractivity contribution is 5.98. The van der Waals surface area contributed by atoms with Gasteiger partial charge < -0.3 is 10.6 Å². The summed E-state index contributed by atoms with van der Waals surface area (Å²) in [4.78, 5) is 35.0. The lowest BCUT2D eigenvalue weighted by Gasteiger charge is -2.32. The van der Waals surface area contributed by atoms with Gasteiger partial charge in [0.15, 0.2) is 11.4 Å². The maximum absolute atomic E-state index is 14.4. The molecular formula is C29H26F4N6O2. The van der Waals surface area contributed by atoms with Crippen LogP contribution in [0.1, 0.15) is 46.8 Å². The Morgan fingerprint density at radius 2 is 1.88 bits per heavy atom. The van der Waals surface area contributed by atoms with Gasteiger partial charge in [0.1, 0.15) is 23.7 Å². The molecule has 1 fully saturated rings. The van der Waals surface area contributed by atoms with Crippen molar-refractivity contribution in [2.45, 2.75) is 37.9 Å². The molecular weight excluding hydrogens is 540 g/mol. The molecule has 0 spiro atoms. The quantitative estimate of drug-likeness (QED) is 0.182. The van der Waals surface area contributed by atoms with Crippen LogP contribution < -0.4 is 5.73 Å². The molecule has 1 aliphatic rings. The van der Waals surface area contributed by atoms with Crippen molar-refractivity contribution in [3.8, 4) is 11.3 Å². The highest BCUT2D eigenvalue weighted by Gasteiger charge is 2.35. The van der Waals surface area contributed by atoms with Crippen LogP contribution in [0.5, 0.6) is 0 Å². The molecule has 41 heavy (non-hydrogen) atoms. The lowest BCUT2D eigenvalue weighted by atomic mass is 9.99. The number of carbonyl (C=O) groups excluding carboxylic acids is 2. The van der Waals surface area contributed by atoms with E-state index in [0.29, 0.717) is 41.4 Å². The number of benzene rings is 2. The van der Waals surface area contributed by atoms with Crippen molar-refractivity contribution < 1.29 is 27.2 Å². The van der Waals surface area contributed by atoms with Crippen LogP contribution in [-0.4, -0.2) is 49.4 Å². The van der Waals surface area contributed by atoms with E-state index in [1.165, 1.54) is 12.4 Å². The number of nitrogens with zero attached hydrogens (tertiary/aromatic N) is 5. The summed E-state index contributed by atoms with van der Waals surface area (Å²) in [7, 11) is 0. The number of Topliss-reactive ketones (excluding diaryl/α,β-unsaturated/α-hetero) is 1. The monoisotopic (exact) mass is 566 g/mol. The van der Waals surface area contributed by atoms with Crippen LogP contribution in [0.25, 0.3) is 22.3 Å². The van der Waals surface area contributed by atoms with Crippen LogP contribution >= 0.6 is 0 Å². The number of fused-ring (bicyclic) bond motifs is 1. The van der Waals surface area contributed by atoms with Crippen molar-refractivity contribution in [1.29, 1.82) is 0 Å². The van der Waals surface area contributed by atoms with Crippen LogP contribution in [0.2, 0.25) is 0 Å². The summed E-state index contributed by atoms with van der Waals surface area (Å²) in [6.45, 7) is 4.66. The molecule has 1 amide bonds. The second-order valence-electron chi connectivity index (χ2n) is 9.82. The third-order valence-corrected chi connectivity index (χ3v) is 7.22. The summed E-state index contributed by atoms with van der Waals surface area (Å²) in [5.74, 6) is -2.17. The van der Waals surface area contributed by atoms with E-state index in [-0.39, 0.29) is 30.6 Å². The fraction of sp³-hybridized carbons (Fsp3) is 0.276. The third kappa shape index (κ3) is 5.54. The van der Waals surface area contributed by atoms with Crippen molar-refractivity contribution in [2.24, 2.45) is 0 Å². The van der Waals surface area contributed by atoms with Gasteiger partial charge in [-0.3, -0.25) is 9.59 Å². The molecule has 212 valence electrons. The van der Waals surface area contributed by atoms with E-state index in [9.17, 15) is 27.2 Å². The van der Waals surface area contributed by atoms with Crippen LogP contribution in [0.4, 0.5) is 23.4 Å². The van der Waals surface area contributed by atoms with E-state index in [1.54, 1.807) is 33.8 Å². The maximum atomic E-state index is 14.4. The molecule has 0 bridgehead atoms. The van der Waals surface area contributed by atoms with Gasteiger partial charge >= 0.3 is 6.18 Å². The Hall–Kier alpha value is -4.61. The number of amides is 1. The second kappa shape index (κ2) is 11.1. The summed E-state index contributed by atoms with van der Waals surface area (Å²) in [5, 5.41) is 5.40. The third-order valence-electron chi connectivity index (χ3n) is 7.22. The smallest absolute Gasteiger partial charge is 0.383 e. The molecule has 0 aliphatic carbocycles. The number of ketones is 1. The average molecular weight is 567 g/mol. The molecule has 1 atom stereocenters. The van der Waals surface area contributed by atoms with Gasteiger partial charge in [0.05, 0.1) is 22.6 Å². The zero-order valence-corrected chi connectivity index (χ0v) is 21.9. The van der Waals surface area contributed by atoms with Gasteiger partial charge in [0.2, 0.25) is 5.91 Å². The van der Waals surface area contributed by atoms with E-state index in [4.69, 9.17) is 10.8 Å². The predicted octanol–water partition coefficient (Wildman–Crippen LogP) is 5.40. The lowest BCUT2D eigenvalue weighted by molar-refractivity contribution is -0.140. The highest BCUT2D eigenvalue weighted by Crippen LogP contribution is 2.35. The van der Waals surface area contributed by atoms with Crippen LogP contribution in [0, 0.1) is 5.82 Å². The summed E-state index contributed by atoms with van der Waals surface area (Å²) < 4.78 is 55.2. The molecule has 4 aromatic rings. The normalized spacial score (nSPS) is 15.7. The molecule has 1 aliphatic heterocycles. The number of aromatic nitrogens is 4. The number of halogens is 4. The van der Waals surface area contributed by atoms with Gasteiger partial charge in [-0.2, -0.15) is 18.3 Å². The number of nitrogens with two attached hydrogens (primary N) is 1. The lowest BCUT2D eigenvalue weighted by Crippen LogP contribution is -2.40. The fourth-order valence-electron chi connectivity index (χ4n) is 5.12. The minimum atomic E-state index is -4.89. The second-order valence-corrected chi connectivity index (χ2v) is 9.82. The number of anilines is 1. The van der Waals surface area contributed by atoms with Gasteiger partial charge in [-0.1, -0.05) is 36.9 Å². The number of likely N-dealkylation sites (tertiary alicyclic amines) is 1. The molecule has 0 unspecified atom stereocenters. The molecule has 12 heteroatoms. The van der Waals surface area contributed by atoms with Crippen molar-refractivity contribution in [3.05, 3.63) is 84.0 Å². The Kier molecular flexibility index (Phi) is 7.57. The Labute approximate surface area is 232 Å². The first kappa shape index (κ1) is 27.9. The molecule has 8 nitrogen and oxygen atoms in total. The molecule has 2 N–H and O–H groups in total.